The molecule has 0 aliphatic carbocycles. The van der Waals surface area contributed by atoms with Crippen LogP contribution < -0.4 is 21.7 Å². The molecule has 2 aromatic heterocycles. The molecule has 0 aromatic carbocycles. The number of hydrogen-bond acceptors (Lipinski definition) is 6. The SMILES string of the molecule is CCN(CC)c1cnn(Cc2cc(NN)ccn2)c(=O)c1. The van der Waals surface area contributed by atoms with E-state index in [1.54, 1.807) is 30.6 Å². The Bertz CT molecular complexity index is 650. The number of nitrogens with one attached hydrogen (secondary N) is 1. The molecule has 0 saturated carbocycles. The average molecular weight is 288 g/mol. The zero-order valence-corrected chi connectivity index (χ0v) is 12.3. The Morgan fingerprint density at radius 2 is 2.10 bits per heavy atom. The highest BCUT2D eigenvalue weighted by Gasteiger charge is 2.06. The minimum absolute atomic E-state index is 0.146. The first-order valence-electron chi connectivity index (χ1n) is 6.91. The molecule has 0 aliphatic rings. The summed E-state index contributed by atoms with van der Waals surface area (Å²) in [5, 5.41) is 4.22. The minimum atomic E-state index is -0.146. The number of pyridine rings is 1. The monoisotopic (exact) mass is 288 g/mol. The van der Waals surface area contributed by atoms with Crippen molar-refractivity contribution < 1.29 is 0 Å². The summed E-state index contributed by atoms with van der Waals surface area (Å²) in [5.41, 5.74) is 4.71. The lowest BCUT2D eigenvalue weighted by Crippen LogP contribution is -2.28. The molecule has 0 spiro atoms. The normalized spacial score (nSPS) is 10.4. The molecule has 0 unspecified atom stereocenters. The van der Waals surface area contributed by atoms with Crippen molar-refractivity contribution in [3.05, 3.63) is 46.6 Å². The lowest BCUT2D eigenvalue weighted by Gasteiger charge is -2.20. The van der Waals surface area contributed by atoms with Crippen LogP contribution in [0.1, 0.15) is 19.5 Å². The number of nitrogens with zero attached hydrogens (tertiary/aromatic N) is 4. The van der Waals surface area contributed by atoms with Gasteiger partial charge in [0.15, 0.2) is 0 Å². The maximum absolute atomic E-state index is 12.1. The van der Waals surface area contributed by atoms with Gasteiger partial charge in [-0.25, -0.2) is 4.68 Å². The quantitative estimate of drug-likeness (QED) is 0.604. The topological polar surface area (TPSA) is 89.1 Å². The Kier molecular flexibility index (Phi) is 4.89. The molecule has 112 valence electrons. The molecule has 0 bridgehead atoms. The average Bonchev–Trinajstić information content (AvgIpc) is 2.51. The van der Waals surface area contributed by atoms with Crippen LogP contribution >= 0.6 is 0 Å². The summed E-state index contributed by atoms with van der Waals surface area (Å²) in [6.07, 6.45) is 3.35. The van der Waals surface area contributed by atoms with Gasteiger partial charge in [-0.05, 0) is 26.0 Å². The Morgan fingerprint density at radius 3 is 2.71 bits per heavy atom. The molecule has 2 rings (SSSR count). The van der Waals surface area contributed by atoms with Gasteiger partial charge in [-0.1, -0.05) is 0 Å². The molecule has 7 nitrogen and oxygen atoms in total. The van der Waals surface area contributed by atoms with Crippen molar-refractivity contribution in [2.75, 3.05) is 23.4 Å². The van der Waals surface area contributed by atoms with E-state index in [0.29, 0.717) is 6.54 Å². The highest BCUT2D eigenvalue weighted by molar-refractivity contribution is 5.43. The smallest absolute Gasteiger partial charge is 0.269 e. The molecule has 0 amide bonds. The van der Waals surface area contributed by atoms with Crippen LogP contribution in [-0.2, 0) is 6.54 Å². The van der Waals surface area contributed by atoms with Crippen molar-refractivity contribution in [3.8, 4) is 0 Å². The number of aromatic nitrogens is 3. The maximum atomic E-state index is 12.1. The molecule has 0 fully saturated rings. The van der Waals surface area contributed by atoms with E-state index in [1.807, 2.05) is 13.8 Å². The predicted molar refractivity (Wildman–Crippen MR) is 83.2 cm³/mol. The standard InChI is InChI=1S/C14H20N6O/c1-3-19(4-2)13-8-14(21)20(17-9-13)10-12-7-11(18-15)5-6-16-12/h5-9H,3-4,10,15H2,1-2H3,(H,16,18). The van der Waals surface area contributed by atoms with Crippen LogP contribution in [-0.4, -0.2) is 27.9 Å². The van der Waals surface area contributed by atoms with Gasteiger partial charge in [0, 0.05) is 25.4 Å². The number of rotatable bonds is 6. The summed E-state index contributed by atoms with van der Waals surface area (Å²) >= 11 is 0. The van der Waals surface area contributed by atoms with Crippen LogP contribution in [0, 0.1) is 0 Å². The Morgan fingerprint density at radius 1 is 1.33 bits per heavy atom. The van der Waals surface area contributed by atoms with Crippen molar-refractivity contribution in [2.24, 2.45) is 5.84 Å². The van der Waals surface area contributed by atoms with Crippen molar-refractivity contribution >= 4 is 11.4 Å². The van der Waals surface area contributed by atoms with E-state index >= 15 is 0 Å². The first-order valence-corrected chi connectivity index (χ1v) is 6.91. The van der Waals surface area contributed by atoms with E-state index in [0.717, 1.165) is 30.2 Å². The van der Waals surface area contributed by atoms with Gasteiger partial charge in [0.05, 0.1) is 29.8 Å². The largest absolute Gasteiger partial charge is 0.371 e. The summed E-state index contributed by atoms with van der Waals surface area (Å²) in [4.78, 5) is 18.4. The molecule has 21 heavy (non-hydrogen) atoms. The molecule has 3 N–H and O–H groups in total. The van der Waals surface area contributed by atoms with Crippen molar-refractivity contribution in [2.45, 2.75) is 20.4 Å². The van der Waals surface area contributed by atoms with E-state index in [4.69, 9.17) is 5.84 Å². The van der Waals surface area contributed by atoms with Crippen LogP contribution in [0.2, 0.25) is 0 Å². The number of hydrazine groups is 1. The van der Waals surface area contributed by atoms with Gasteiger partial charge in [0.2, 0.25) is 0 Å². The third-order valence-electron chi connectivity index (χ3n) is 3.28. The lowest BCUT2D eigenvalue weighted by molar-refractivity contribution is 0.626. The summed E-state index contributed by atoms with van der Waals surface area (Å²) in [5.74, 6) is 5.36. The fourth-order valence-corrected chi connectivity index (χ4v) is 2.11. The van der Waals surface area contributed by atoms with Gasteiger partial charge in [-0.3, -0.25) is 15.6 Å². The summed E-state index contributed by atoms with van der Waals surface area (Å²) in [6.45, 7) is 6.09. The van der Waals surface area contributed by atoms with Gasteiger partial charge in [0.25, 0.3) is 5.56 Å². The zero-order chi connectivity index (χ0) is 15.2. The highest BCUT2D eigenvalue weighted by Crippen LogP contribution is 2.09. The Labute approximate surface area is 123 Å². The van der Waals surface area contributed by atoms with E-state index in [-0.39, 0.29) is 5.56 Å². The zero-order valence-electron chi connectivity index (χ0n) is 12.3. The fourth-order valence-electron chi connectivity index (χ4n) is 2.11. The molecule has 0 atom stereocenters. The van der Waals surface area contributed by atoms with E-state index in [1.165, 1.54) is 4.68 Å². The van der Waals surface area contributed by atoms with E-state index in [9.17, 15) is 4.79 Å². The Balaban J connectivity index is 2.23. The van der Waals surface area contributed by atoms with Crippen LogP contribution in [0.5, 0.6) is 0 Å². The predicted octanol–water partition coefficient (Wildman–Crippen LogP) is 0.818. The molecule has 0 radical (unpaired) electrons. The Hall–Kier alpha value is -2.41. The first kappa shape index (κ1) is 15.0. The molecular weight excluding hydrogens is 268 g/mol. The van der Waals surface area contributed by atoms with Gasteiger partial charge in [-0.15, -0.1) is 0 Å². The van der Waals surface area contributed by atoms with Crippen LogP contribution in [0.4, 0.5) is 11.4 Å². The number of hydrogen-bond donors (Lipinski definition) is 2. The number of anilines is 2. The third-order valence-corrected chi connectivity index (χ3v) is 3.28. The maximum Gasteiger partial charge on any atom is 0.269 e. The molecule has 2 heterocycles. The van der Waals surface area contributed by atoms with Gasteiger partial charge < -0.3 is 10.3 Å². The summed E-state index contributed by atoms with van der Waals surface area (Å²) < 4.78 is 1.38. The number of nitrogens with two attached hydrogens (primary N) is 1. The van der Waals surface area contributed by atoms with Crippen LogP contribution in [0.25, 0.3) is 0 Å². The van der Waals surface area contributed by atoms with Crippen molar-refractivity contribution in [1.82, 2.24) is 14.8 Å². The summed E-state index contributed by atoms with van der Waals surface area (Å²) in [6, 6.07) is 5.14. The molecule has 0 aliphatic heterocycles. The fraction of sp³-hybridized carbons (Fsp3) is 0.357. The van der Waals surface area contributed by atoms with Gasteiger partial charge >= 0.3 is 0 Å². The van der Waals surface area contributed by atoms with Gasteiger partial charge in [-0.2, -0.15) is 5.10 Å². The number of nitrogen functional groups attached to an aromatic ring is 1. The second kappa shape index (κ2) is 6.85. The second-order valence-corrected chi connectivity index (χ2v) is 4.56. The summed E-state index contributed by atoms with van der Waals surface area (Å²) in [7, 11) is 0. The van der Waals surface area contributed by atoms with Crippen molar-refractivity contribution in [1.29, 1.82) is 0 Å². The lowest BCUT2D eigenvalue weighted by atomic mass is 10.3. The molecule has 0 saturated heterocycles. The molecule has 2 aromatic rings. The van der Waals surface area contributed by atoms with Crippen LogP contribution in [0.15, 0.2) is 35.4 Å². The first-order chi connectivity index (χ1) is 10.2. The molecule has 7 heteroatoms. The van der Waals surface area contributed by atoms with E-state index in [2.05, 4.69) is 20.4 Å². The van der Waals surface area contributed by atoms with Gasteiger partial charge in [0.1, 0.15) is 0 Å². The third kappa shape index (κ3) is 3.57. The second-order valence-electron chi connectivity index (χ2n) is 4.56. The van der Waals surface area contributed by atoms with E-state index < -0.39 is 0 Å². The van der Waals surface area contributed by atoms with Crippen molar-refractivity contribution in [3.63, 3.8) is 0 Å². The minimum Gasteiger partial charge on any atom is -0.371 e. The van der Waals surface area contributed by atoms with Crippen LogP contribution in [0.3, 0.4) is 0 Å². The molecular formula is C14H20N6O. The highest BCUT2D eigenvalue weighted by atomic mass is 16.1.